The second kappa shape index (κ2) is 7.72. The van der Waals surface area contributed by atoms with Crippen LogP contribution in [-0.4, -0.2) is 39.6 Å². The van der Waals surface area contributed by atoms with Gasteiger partial charge in [-0.1, -0.05) is 32.0 Å². The fourth-order valence-corrected chi connectivity index (χ4v) is 3.46. The quantitative estimate of drug-likeness (QED) is 0.898. The maximum Gasteiger partial charge on any atom is 0.252 e. The van der Waals surface area contributed by atoms with Crippen LogP contribution < -0.4 is 5.32 Å². The minimum atomic E-state index is -0.770. The minimum Gasteiger partial charge on any atom is -0.342 e. The number of para-hydroxylation sites is 1. The van der Waals surface area contributed by atoms with E-state index in [1.807, 2.05) is 61.3 Å². The molecule has 0 atom stereocenters. The molecule has 1 fully saturated rings. The number of anilines is 1. The minimum absolute atomic E-state index is 0.0802. The molecule has 1 aliphatic rings. The molecular formula is C20H26N4O2. The van der Waals surface area contributed by atoms with E-state index in [-0.39, 0.29) is 11.8 Å². The molecule has 0 radical (unpaired) electrons. The highest BCUT2D eigenvalue weighted by Gasteiger charge is 2.44. The average molecular weight is 354 g/mol. The van der Waals surface area contributed by atoms with E-state index in [1.165, 1.54) is 0 Å². The highest BCUT2D eigenvalue weighted by Crippen LogP contribution is 2.31. The number of hydrogen-bond donors (Lipinski definition) is 1. The van der Waals surface area contributed by atoms with Gasteiger partial charge in [0.25, 0.3) is 5.91 Å². The predicted molar refractivity (Wildman–Crippen MR) is 101 cm³/mol. The van der Waals surface area contributed by atoms with E-state index in [2.05, 4.69) is 10.4 Å². The summed E-state index contributed by atoms with van der Waals surface area (Å²) >= 11 is 0. The van der Waals surface area contributed by atoms with Gasteiger partial charge in [-0.15, -0.1) is 0 Å². The second-order valence-corrected chi connectivity index (χ2v) is 7.28. The SMILES string of the molecule is CC(C)CC(=O)N1CCC(C(=O)Nc2ccccc2)(n2cccn2)CC1. The van der Waals surface area contributed by atoms with Crippen LogP contribution in [0, 0.1) is 5.92 Å². The first-order valence-electron chi connectivity index (χ1n) is 9.16. The molecule has 0 unspecified atom stereocenters. The van der Waals surface area contributed by atoms with E-state index in [1.54, 1.807) is 10.9 Å². The number of aromatic nitrogens is 2. The molecular weight excluding hydrogens is 328 g/mol. The van der Waals surface area contributed by atoms with Crippen LogP contribution in [0.1, 0.15) is 33.1 Å². The molecule has 6 nitrogen and oxygen atoms in total. The summed E-state index contributed by atoms with van der Waals surface area (Å²) in [7, 11) is 0. The van der Waals surface area contributed by atoms with Crippen LogP contribution in [0.3, 0.4) is 0 Å². The zero-order chi connectivity index (χ0) is 18.6. The normalized spacial score (nSPS) is 16.5. The number of benzene rings is 1. The van der Waals surface area contributed by atoms with Gasteiger partial charge in [0, 0.05) is 37.6 Å². The summed E-state index contributed by atoms with van der Waals surface area (Å²) in [4.78, 5) is 27.4. The molecule has 1 N–H and O–H groups in total. The number of amides is 2. The molecule has 138 valence electrons. The molecule has 2 aromatic rings. The van der Waals surface area contributed by atoms with Crippen molar-refractivity contribution in [3.05, 3.63) is 48.8 Å². The van der Waals surface area contributed by atoms with Crippen LogP contribution in [0.25, 0.3) is 0 Å². The lowest BCUT2D eigenvalue weighted by molar-refractivity contribution is -0.138. The molecule has 0 saturated carbocycles. The van der Waals surface area contributed by atoms with Crippen molar-refractivity contribution in [2.75, 3.05) is 18.4 Å². The van der Waals surface area contributed by atoms with Gasteiger partial charge in [-0.3, -0.25) is 14.3 Å². The predicted octanol–water partition coefficient (Wildman–Crippen LogP) is 2.89. The molecule has 0 bridgehead atoms. The van der Waals surface area contributed by atoms with E-state index >= 15 is 0 Å². The van der Waals surface area contributed by atoms with Crippen LogP contribution >= 0.6 is 0 Å². The Bertz CT molecular complexity index is 732. The molecule has 3 rings (SSSR count). The molecule has 1 saturated heterocycles. The van der Waals surface area contributed by atoms with Gasteiger partial charge in [0.1, 0.15) is 5.54 Å². The number of carbonyl (C=O) groups excluding carboxylic acids is 2. The Morgan fingerprint density at radius 2 is 1.85 bits per heavy atom. The highest BCUT2D eigenvalue weighted by atomic mass is 16.2. The smallest absolute Gasteiger partial charge is 0.252 e. The Morgan fingerprint density at radius 3 is 2.42 bits per heavy atom. The number of carbonyl (C=O) groups is 2. The number of piperidine rings is 1. The first-order chi connectivity index (χ1) is 12.5. The molecule has 1 aliphatic heterocycles. The third-order valence-electron chi connectivity index (χ3n) is 4.92. The van der Waals surface area contributed by atoms with Gasteiger partial charge in [0.2, 0.25) is 5.91 Å². The summed E-state index contributed by atoms with van der Waals surface area (Å²) in [6.07, 6.45) is 5.17. The van der Waals surface area contributed by atoms with Gasteiger partial charge in [-0.25, -0.2) is 0 Å². The first-order valence-corrected chi connectivity index (χ1v) is 9.16. The maximum absolute atomic E-state index is 13.2. The fraction of sp³-hybridized carbons (Fsp3) is 0.450. The van der Waals surface area contributed by atoms with E-state index in [0.717, 1.165) is 5.69 Å². The van der Waals surface area contributed by atoms with Gasteiger partial charge >= 0.3 is 0 Å². The van der Waals surface area contributed by atoms with Crippen molar-refractivity contribution in [2.24, 2.45) is 5.92 Å². The average Bonchev–Trinajstić information content (AvgIpc) is 3.17. The molecule has 1 aromatic carbocycles. The summed E-state index contributed by atoms with van der Waals surface area (Å²) in [5.41, 5.74) is -0.00383. The summed E-state index contributed by atoms with van der Waals surface area (Å²) in [6.45, 7) is 5.22. The second-order valence-electron chi connectivity index (χ2n) is 7.28. The number of hydrogen-bond acceptors (Lipinski definition) is 3. The molecule has 6 heteroatoms. The number of rotatable bonds is 5. The number of nitrogens with one attached hydrogen (secondary N) is 1. The summed E-state index contributed by atoms with van der Waals surface area (Å²) < 4.78 is 1.75. The van der Waals surface area contributed by atoms with Crippen molar-refractivity contribution in [1.82, 2.24) is 14.7 Å². The largest absolute Gasteiger partial charge is 0.342 e. The molecule has 26 heavy (non-hydrogen) atoms. The van der Waals surface area contributed by atoms with Crippen molar-refractivity contribution in [3.8, 4) is 0 Å². The van der Waals surface area contributed by atoms with Gasteiger partial charge < -0.3 is 10.2 Å². The van der Waals surface area contributed by atoms with Gasteiger partial charge in [0.05, 0.1) is 0 Å². The summed E-state index contributed by atoms with van der Waals surface area (Å²) in [5.74, 6) is 0.419. The van der Waals surface area contributed by atoms with Crippen molar-refractivity contribution in [2.45, 2.75) is 38.6 Å². The number of likely N-dealkylation sites (tertiary alicyclic amines) is 1. The lowest BCUT2D eigenvalue weighted by Crippen LogP contribution is -2.54. The molecule has 1 aromatic heterocycles. The van der Waals surface area contributed by atoms with Crippen LogP contribution in [0.2, 0.25) is 0 Å². The standard InChI is InChI=1S/C20H26N4O2/c1-16(2)15-18(25)23-13-9-20(10-14-23,24-12-6-11-21-24)19(26)22-17-7-4-3-5-8-17/h3-8,11-12,16H,9-10,13-15H2,1-2H3,(H,22,26). The Labute approximate surface area is 154 Å². The fourth-order valence-electron chi connectivity index (χ4n) is 3.46. The monoisotopic (exact) mass is 354 g/mol. The Hall–Kier alpha value is -2.63. The third kappa shape index (κ3) is 3.79. The summed E-state index contributed by atoms with van der Waals surface area (Å²) in [5, 5.41) is 7.36. The van der Waals surface area contributed by atoms with Crippen LogP contribution in [0.15, 0.2) is 48.8 Å². The van der Waals surface area contributed by atoms with Gasteiger partial charge in [-0.2, -0.15) is 5.10 Å². The maximum atomic E-state index is 13.2. The van der Waals surface area contributed by atoms with Gasteiger partial charge in [-0.05, 0) is 37.0 Å². The van der Waals surface area contributed by atoms with E-state index in [9.17, 15) is 9.59 Å². The third-order valence-corrected chi connectivity index (χ3v) is 4.92. The number of nitrogens with zero attached hydrogens (tertiary/aromatic N) is 3. The van der Waals surface area contributed by atoms with Crippen LogP contribution in [0.5, 0.6) is 0 Å². The van der Waals surface area contributed by atoms with E-state index < -0.39 is 5.54 Å². The lowest BCUT2D eigenvalue weighted by atomic mass is 9.86. The van der Waals surface area contributed by atoms with Crippen molar-refractivity contribution in [3.63, 3.8) is 0 Å². The van der Waals surface area contributed by atoms with E-state index in [0.29, 0.717) is 38.3 Å². The summed E-state index contributed by atoms with van der Waals surface area (Å²) in [6, 6.07) is 11.3. The Morgan fingerprint density at radius 1 is 1.15 bits per heavy atom. The molecule has 0 spiro atoms. The lowest BCUT2D eigenvalue weighted by Gasteiger charge is -2.41. The molecule has 0 aliphatic carbocycles. The van der Waals surface area contributed by atoms with Gasteiger partial charge in [0.15, 0.2) is 0 Å². The Kier molecular flexibility index (Phi) is 5.40. The van der Waals surface area contributed by atoms with Crippen LogP contribution in [0.4, 0.5) is 5.69 Å². The van der Waals surface area contributed by atoms with Crippen molar-refractivity contribution >= 4 is 17.5 Å². The van der Waals surface area contributed by atoms with Crippen LogP contribution in [-0.2, 0) is 15.1 Å². The van der Waals surface area contributed by atoms with Crippen molar-refractivity contribution < 1.29 is 9.59 Å². The van der Waals surface area contributed by atoms with Crippen molar-refractivity contribution in [1.29, 1.82) is 0 Å². The first kappa shape index (κ1) is 18.2. The topological polar surface area (TPSA) is 67.2 Å². The highest BCUT2D eigenvalue weighted by molar-refractivity contribution is 5.96. The zero-order valence-electron chi connectivity index (χ0n) is 15.4. The zero-order valence-corrected chi connectivity index (χ0v) is 15.4. The Balaban J connectivity index is 1.77. The molecule has 2 heterocycles. The molecule has 2 amide bonds. The van der Waals surface area contributed by atoms with E-state index in [4.69, 9.17) is 0 Å².